The predicted octanol–water partition coefficient (Wildman–Crippen LogP) is 1.08. The summed E-state index contributed by atoms with van der Waals surface area (Å²) in [5.74, 6) is -0.750. The summed E-state index contributed by atoms with van der Waals surface area (Å²) in [6, 6.07) is 0. The number of nitrogens with one attached hydrogen (secondary N) is 2. The van der Waals surface area contributed by atoms with E-state index in [2.05, 4.69) is 27.6 Å². The molecule has 18 heavy (non-hydrogen) atoms. The number of carbonyl (C=O) groups is 2. The van der Waals surface area contributed by atoms with Crippen molar-refractivity contribution in [2.45, 2.75) is 27.2 Å². The van der Waals surface area contributed by atoms with Crippen LogP contribution < -0.4 is 10.6 Å². The molecule has 1 rings (SSSR count). The van der Waals surface area contributed by atoms with E-state index in [4.69, 9.17) is 0 Å². The lowest BCUT2D eigenvalue weighted by atomic mass is 9.89. The Labute approximate surface area is 114 Å². The molecule has 2 unspecified atom stereocenters. The molecule has 1 aliphatic heterocycles. The minimum Gasteiger partial charge on any atom is -0.393 e. The second kappa shape index (κ2) is 8.02. The van der Waals surface area contributed by atoms with Crippen LogP contribution in [0.5, 0.6) is 0 Å². The maximum atomic E-state index is 11.1. The van der Waals surface area contributed by atoms with Crippen molar-refractivity contribution in [1.29, 1.82) is 0 Å². The van der Waals surface area contributed by atoms with Crippen molar-refractivity contribution in [1.82, 2.24) is 10.6 Å². The summed E-state index contributed by atoms with van der Waals surface area (Å²) in [6.07, 6.45) is 0.742. The number of rotatable bonds is 2. The minimum absolute atomic E-state index is 0.211. The van der Waals surface area contributed by atoms with Crippen LogP contribution in [-0.4, -0.2) is 31.1 Å². The van der Waals surface area contributed by atoms with Crippen LogP contribution in [0.3, 0.4) is 0 Å². The molecule has 0 aliphatic carbocycles. The average Bonchev–Trinajstić information content (AvgIpc) is 2.55. The first-order chi connectivity index (χ1) is 8.33. The SMILES string of the molecule is CC(C)CC1C(=O)OC(=O)C1C.CNC(=S)NC. The maximum Gasteiger partial charge on any atom is 0.317 e. The molecule has 0 spiro atoms. The second-order valence-electron chi connectivity index (χ2n) is 4.59. The summed E-state index contributed by atoms with van der Waals surface area (Å²) < 4.78 is 4.51. The van der Waals surface area contributed by atoms with E-state index in [-0.39, 0.29) is 23.8 Å². The van der Waals surface area contributed by atoms with Gasteiger partial charge in [0, 0.05) is 14.1 Å². The molecule has 0 aromatic carbocycles. The van der Waals surface area contributed by atoms with E-state index < -0.39 is 0 Å². The van der Waals surface area contributed by atoms with Gasteiger partial charge in [0.05, 0.1) is 11.8 Å². The van der Waals surface area contributed by atoms with Crippen molar-refractivity contribution >= 4 is 29.3 Å². The van der Waals surface area contributed by atoms with Gasteiger partial charge in [-0.1, -0.05) is 20.8 Å². The third kappa shape index (κ3) is 5.44. The van der Waals surface area contributed by atoms with Crippen molar-refractivity contribution in [3.05, 3.63) is 0 Å². The van der Waals surface area contributed by atoms with E-state index in [1.807, 2.05) is 13.8 Å². The molecular formula is C12H22N2O3S. The standard InChI is InChI=1S/C9H14O3.C3H8N2S/c1-5(2)4-7-6(3)8(10)12-9(7)11;1-4-3(6)5-2/h5-7H,4H2,1-3H3;1-2H3,(H2,4,5,6). The molecule has 104 valence electrons. The lowest BCUT2D eigenvalue weighted by molar-refractivity contribution is -0.153. The molecule has 0 aromatic rings. The third-order valence-electron chi connectivity index (χ3n) is 2.66. The van der Waals surface area contributed by atoms with Crippen molar-refractivity contribution in [3.8, 4) is 0 Å². The van der Waals surface area contributed by atoms with Crippen LogP contribution >= 0.6 is 12.2 Å². The van der Waals surface area contributed by atoms with Crippen molar-refractivity contribution in [3.63, 3.8) is 0 Å². The maximum absolute atomic E-state index is 11.1. The van der Waals surface area contributed by atoms with Gasteiger partial charge in [-0.25, -0.2) is 0 Å². The van der Waals surface area contributed by atoms with Gasteiger partial charge in [-0.3, -0.25) is 9.59 Å². The number of carbonyl (C=O) groups excluding carboxylic acids is 2. The van der Waals surface area contributed by atoms with Gasteiger partial charge in [-0.15, -0.1) is 0 Å². The number of thiocarbonyl (C=S) groups is 1. The van der Waals surface area contributed by atoms with E-state index in [9.17, 15) is 9.59 Å². The van der Waals surface area contributed by atoms with Crippen LogP contribution in [0, 0.1) is 17.8 Å². The van der Waals surface area contributed by atoms with Crippen LogP contribution in [0.1, 0.15) is 27.2 Å². The molecule has 6 heteroatoms. The molecule has 0 amide bonds. The molecule has 0 radical (unpaired) electrons. The van der Waals surface area contributed by atoms with Gasteiger partial charge in [0.15, 0.2) is 5.11 Å². The number of esters is 2. The first kappa shape index (κ1) is 16.8. The van der Waals surface area contributed by atoms with Crippen LogP contribution in [-0.2, 0) is 14.3 Å². The molecular weight excluding hydrogens is 252 g/mol. The first-order valence-corrected chi connectivity index (χ1v) is 6.39. The molecule has 1 aliphatic rings. The Morgan fingerprint density at radius 1 is 1.28 bits per heavy atom. The quantitative estimate of drug-likeness (QED) is 0.446. The molecule has 0 aromatic heterocycles. The van der Waals surface area contributed by atoms with E-state index in [1.165, 1.54) is 0 Å². The molecule has 2 atom stereocenters. The van der Waals surface area contributed by atoms with Crippen LogP contribution in [0.25, 0.3) is 0 Å². The van der Waals surface area contributed by atoms with Crippen molar-refractivity contribution in [2.75, 3.05) is 14.1 Å². The van der Waals surface area contributed by atoms with E-state index in [1.54, 1.807) is 21.0 Å². The highest BCUT2D eigenvalue weighted by atomic mass is 32.1. The fourth-order valence-corrected chi connectivity index (χ4v) is 1.57. The van der Waals surface area contributed by atoms with Crippen molar-refractivity contribution < 1.29 is 14.3 Å². The molecule has 1 heterocycles. The zero-order valence-corrected chi connectivity index (χ0v) is 12.4. The molecule has 1 saturated heterocycles. The lowest BCUT2D eigenvalue weighted by Gasteiger charge is -2.10. The van der Waals surface area contributed by atoms with Gasteiger partial charge in [0.2, 0.25) is 0 Å². The lowest BCUT2D eigenvalue weighted by Crippen LogP contribution is -2.28. The van der Waals surface area contributed by atoms with Gasteiger partial charge in [0.25, 0.3) is 0 Å². The Hall–Kier alpha value is -1.17. The summed E-state index contributed by atoms with van der Waals surface area (Å²) in [5.41, 5.74) is 0. The molecule has 2 N–H and O–H groups in total. The Bertz CT molecular complexity index is 312. The van der Waals surface area contributed by atoms with Crippen LogP contribution in [0.4, 0.5) is 0 Å². The topological polar surface area (TPSA) is 67.4 Å². The summed E-state index contributed by atoms with van der Waals surface area (Å²) in [6.45, 7) is 5.81. The molecule has 0 saturated carbocycles. The normalized spacial score (nSPS) is 22.1. The first-order valence-electron chi connectivity index (χ1n) is 5.98. The summed E-state index contributed by atoms with van der Waals surface area (Å²) in [7, 11) is 3.55. The number of hydrogen-bond acceptors (Lipinski definition) is 4. The highest BCUT2D eigenvalue weighted by Gasteiger charge is 2.40. The predicted molar refractivity (Wildman–Crippen MR) is 73.9 cm³/mol. The summed E-state index contributed by atoms with van der Waals surface area (Å²) in [5, 5.41) is 6.15. The minimum atomic E-state index is -0.370. The van der Waals surface area contributed by atoms with Gasteiger partial charge in [-0.2, -0.15) is 0 Å². The van der Waals surface area contributed by atoms with Gasteiger partial charge in [0.1, 0.15) is 0 Å². The van der Waals surface area contributed by atoms with Crippen LogP contribution in [0.15, 0.2) is 0 Å². The summed E-state index contributed by atoms with van der Waals surface area (Å²) >= 11 is 4.63. The molecule has 5 nitrogen and oxygen atoms in total. The van der Waals surface area contributed by atoms with Gasteiger partial charge >= 0.3 is 11.9 Å². The van der Waals surface area contributed by atoms with Gasteiger partial charge < -0.3 is 15.4 Å². The van der Waals surface area contributed by atoms with Crippen molar-refractivity contribution in [2.24, 2.45) is 17.8 Å². The zero-order valence-electron chi connectivity index (χ0n) is 11.6. The monoisotopic (exact) mass is 274 g/mol. The Kier molecular flexibility index (Phi) is 7.50. The van der Waals surface area contributed by atoms with E-state index >= 15 is 0 Å². The molecule has 1 fully saturated rings. The largest absolute Gasteiger partial charge is 0.393 e. The highest BCUT2D eigenvalue weighted by Crippen LogP contribution is 2.28. The zero-order chi connectivity index (χ0) is 14.3. The highest BCUT2D eigenvalue weighted by molar-refractivity contribution is 7.80. The fraction of sp³-hybridized carbons (Fsp3) is 0.750. The summed E-state index contributed by atoms with van der Waals surface area (Å²) in [4.78, 5) is 22.0. The van der Waals surface area contributed by atoms with E-state index in [0.717, 1.165) is 6.42 Å². The smallest absolute Gasteiger partial charge is 0.317 e. The van der Waals surface area contributed by atoms with Crippen LogP contribution in [0.2, 0.25) is 0 Å². The fourth-order valence-electron chi connectivity index (χ4n) is 1.57. The van der Waals surface area contributed by atoms with E-state index in [0.29, 0.717) is 11.0 Å². The number of ether oxygens (including phenoxy) is 1. The Morgan fingerprint density at radius 2 is 1.78 bits per heavy atom. The average molecular weight is 274 g/mol. The number of hydrogen-bond donors (Lipinski definition) is 2. The Morgan fingerprint density at radius 3 is 2.00 bits per heavy atom. The Balaban J connectivity index is 0.000000411. The third-order valence-corrected chi connectivity index (χ3v) is 3.07. The van der Waals surface area contributed by atoms with Gasteiger partial charge in [-0.05, 0) is 24.6 Å². The number of cyclic esters (lactones) is 2. The second-order valence-corrected chi connectivity index (χ2v) is 5.00. The molecule has 0 bridgehead atoms.